The van der Waals surface area contributed by atoms with E-state index >= 15 is 0 Å². The van der Waals surface area contributed by atoms with Gasteiger partial charge in [-0.25, -0.2) is 0 Å². The van der Waals surface area contributed by atoms with Crippen molar-refractivity contribution in [2.24, 2.45) is 5.41 Å². The molecule has 72 valence electrons. The van der Waals surface area contributed by atoms with Crippen LogP contribution in [0.15, 0.2) is 0 Å². The third-order valence-electron chi connectivity index (χ3n) is 2.01. The summed E-state index contributed by atoms with van der Waals surface area (Å²) in [7, 11) is -4.29. The predicted octanol–water partition coefficient (Wildman–Crippen LogP) is 0.374. The fourth-order valence-corrected chi connectivity index (χ4v) is 1.39. The van der Waals surface area contributed by atoms with Gasteiger partial charge in [-0.05, 0) is 20.8 Å². The summed E-state index contributed by atoms with van der Waals surface area (Å²) in [5.41, 5.74) is -1.48. The second kappa shape index (κ2) is 3.02. The molecule has 1 atom stereocenters. The predicted molar refractivity (Wildman–Crippen MR) is 42.4 cm³/mol. The Bertz CT molecular complexity index is 276. The SMILES string of the molecule is CC(C(C)(C)C(=O)O)S(=O)(=O)O. The van der Waals surface area contributed by atoms with Crippen LogP contribution in [0.5, 0.6) is 0 Å². The van der Waals surface area contributed by atoms with E-state index in [0.29, 0.717) is 0 Å². The standard InChI is InChI=1S/C6H12O5S/c1-4(12(9,10)11)6(2,3)5(7)8/h4H,1-3H3,(H,7,8)(H,9,10,11). The van der Waals surface area contributed by atoms with E-state index in [1.165, 1.54) is 13.8 Å². The van der Waals surface area contributed by atoms with Crippen LogP contribution in [0.2, 0.25) is 0 Å². The smallest absolute Gasteiger partial charge is 0.310 e. The van der Waals surface area contributed by atoms with Gasteiger partial charge in [0.25, 0.3) is 10.1 Å². The zero-order valence-corrected chi connectivity index (χ0v) is 7.92. The zero-order chi connectivity index (χ0) is 10.2. The lowest BCUT2D eigenvalue weighted by molar-refractivity contribution is -0.146. The van der Waals surface area contributed by atoms with Gasteiger partial charge in [0, 0.05) is 0 Å². The Kier molecular flexibility index (Phi) is 2.87. The molecule has 0 amide bonds. The van der Waals surface area contributed by atoms with Crippen molar-refractivity contribution in [3.63, 3.8) is 0 Å². The lowest BCUT2D eigenvalue weighted by atomic mass is 9.90. The van der Waals surface area contributed by atoms with E-state index in [0.717, 1.165) is 6.92 Å². The second-order valence-electron chi connectivity index (χ2n) is 3.18. The van der Waals surface area contributed by atoms with E-state index in [-0.39, 0.29) is 0 Å². The molecule has 0 rings (SSSR count). The van der Waals surface area contributed by atoms with E-state index in [2.05, 4.69) is 0 Å². The highest BCUT2D eigenvalue weighted by molar-refractivity contribution is 7.86. The monoisotopic (exact) mass is 196 g/mol. The van der Waals surface area contributed by atoms with Crippen molar-refractivity contribution >= 4 is 16.1 Å². The number of carboxylic acids is 1. The molecule has 0 radical (unpaired) electrons. The Labute approximate surface area is 71.1 Å². The fourth-order valence-electron chi connectivity index (χ4n) is 0.546. The lowest BCUT2D eigenvalue weighted by Crippen LogP contribution is -2.40. The van der Waals surface area contributed by atoms with E-state index in [1.807, 2.05) is 0 Å². The first-order valence-electron chi connectivity index (χ1n) is 3.30. The Morgan fingerprint density at radius 1 is 1.42 bits per heavy atom. The van der Waals surface area contributed by atoms with Crippen molar-refractivity contribution in [3.8, 4) is 0 Å². The minimum atomic E-state index is -4.29. The van der Waals surface area contributed by atoms with Gasteiger partial charge in [0.2, 0.25) is 0 Å². The Hall–Kier alpha value is -0.620. The van der Waals surface area contributed by atoms with Gasteiger partial charge < -0.3 is 5.11 Å². The first-order chi connectivity index (χ1) is 5.10. The number of carbonyl (C=O) groups is 1. The molecule has 0 saturated heterocycles. The van der Waals surface area contributed by atoms with Gasteiger partial charge in [-0.3, -0.25) is 9.35 Å². The summed E-state index contributed by atoms with van der Waals surface area (Å²) in [5, 5.41) is 7.28. The van der Waals surface area contributed by atoms with Crippen molar-refractivity contribution in [2.75, 3.05) is 0 Å². The first-order valence-corrected chi connectivity index (χ1v) is 4.80. The molecule has 0 spiro atoms. The lowest BCUT2D eigenvalue weighted by Gasteiger charge is -2.24. The zero-order valence-electron chi connectivity index (χ0n) is 7.10. The van der Waals surface area contributed by atoms with Gasteiger partial charge in [-0.15, -0.1) is 0 Å². The quantitative estimate of drug-likeness (QED) is 0.636. The van der Waals surface area contributed by atoms with Crippen LogP contribution in [0.4, 0.5) is 0 Å². The molecule has 0 aromatic carbocycles. The van der Waals surface area contributed by atoms with Gasteiger partial charge in [0.15, 0.2) is 0 Å². The average Bonchev–Trinajstić information content (AvgIpc) is 1.83. The van der Waals surface area contributed by atoms with E-state index in [4.69, 9.17) is 9.66 Å². The summed E-state index contributed by atoms with van der Waals surface area (Å²) < 4.78 is 29.7. The Balaban J connectivity index is 4.95. The average molecular weight is 196 g/mol. The largest absolute Gasteiger partial charge is 0.481 e. The van der Waals surface area contributed by atoms with Crippen LogP contribution < -0.4 is 0 Å². The maximum atomic E-state index is 10.6. The Morgan fingerprint density at radius 2 is 1.75 bits per heavy atom. The number of carboxylic acid groups (broad SMARTS) is 1. The van der Waals surface area contributed by atoms with E-state index in [1.54, 1.807) is 0 Å². The number of hydrogen-bond donors (Lipinski definition) is 2. The molecule has 0 bridgehead atoms. The molecule has 0 aliphatic rings. The van der Waals surface area contributed by atoms with Crippen LogP contribution in [0.25, 0.3) is 0 Å². The van der Waals surface area contributed by atoms with Crippen molar-refractivity contribution in [1.82, 2.24) is 0 Å². The number of rotatable bonds is 3. The maximum Gasteiger partial charge on any atom is 0.310 e. The highest BCUT2D eigenvalue weighted by atomic mass is 32.2. The molecule has 0 aliphatic heterocycles. The molecule has 0 aliphatic carbocycles. The van der Waals surface area contributed by atoms with Crippen LogP contribution in [0.1, 0.15) is 20.8 Å². The van der Waals surface area contributed by atoms with E-state index in [9.17, 15) is 13.2 Å². The molecular weight excluding hydrogens is 184 g/mol. The molecule has 0 aromatic heterocycles. The van der Waals surface area contributed by atoms with Gasteiger partial charge in [0.05, 0.1) is 10.7 Å². The topological polar surface area (TPSA) is 91.7 Å². The maximum absolute atomic E-state index is 10.6. The Morgan fingerprint density at radius 3 is 1.83 bits per heavy atom. The summed E-state index contributed by atoms with van der Waals surface area (Å²) in [6.07, 6.45) is 0. The van der Waals surface area contributed by atoms with Gasteiger partial charge >= 0.3 is 5.97 Å². The summed E-state index contributed by atoms with van der Waals surface area (Å²) in [6, 6.07) is 0. The summed E-state index contributed by atoms with van der Waals surface area (Å²) in [6.45, 7) is 3.64. The molecular formula is C6H12O5S. The fraction of sp³-hybridized carbons (Fsp3) is 0.833. The van der Waals surface area contributed by atoms with Gasteiger partial charge in [0.1, 0.15) is 0 Å². The molecule has 6 heteroatoms. The van der Waals surface area contributed by atoms with Crippen LogP contribution in [-0.4, -0.2) is 29.3 Å². The molecule has 1 unspecified atom stereocenters. The first kappa shape index (κ1) is 11.4. The minimum Gasteiger partial charge on any atom is -0.481 e. The third kappa shape index (κ3) is 2.18. The van der Waals surface area contributed by atoms with Gasteiger partial charge in [-0.1, -0.05) is 0 Å². The van der Waals surface area contributed by atoms with Crippen LogP contribution in [-0.2, 0) is 14.9 Å². The van der Waals surface area contributed by atoms with Crippen molar-refractivity contribution < 1.29 is 22.9 Å². The van der Waals surface area contributed by atoms with Crippen LogP contribution in [0, 0.1) is 5.41 Å². The highest BCUT2D eigenvalue weighted by Gasteiger charge is 2.41. The summed E-state index contributed by atoms with van der Waals surface area (Å²) in [5.74, 6) is -1.26. The van der Waals surface area contributed by atoms with Gasteiger partial charge in [-0.2, -0.15) is 8.42 Å². The molecule has 12 heavy (non-hydrogen) atoms. The van der Waals surface area contributed by atoms with Crippen molar-refractivity contribution in [3.05, 3.63) is 0 Å². The number of hydrogen-bond acceptors (Lipinski definition) is 3. The molecule has 0 saturated carbocycles. The van der Waals surface area contributed by atoms with Crippen molar-refractivity contribution in [2.45, 2.75) is 26.0 Å². The van der Waals surface area contributed by atoms with Crippen molar-refractivity contribution in [1.29, 1.82) is 0 Å². The second-order valence-corrected chi connectivity index (χ2v) is 4.92. The normalized spacial score (nSPS) is 15.7. The van der Waals surface area contributed by atoms with Crippen LogP contribution in [0.3, 0.4) is 0 Å². The molecule has 2 N–H and O–H groups in total. The molecule has 0 fully saturated rings. The summed E-state index contributed by atoms with van der Waals surface area (Å²) >= 11 is 0. The number of aliphatic carboxylic acids is 1. The third-order valence-corrected chi connectivity index (χ3v) is 3.50. The minimum absolute atomic E-state index is 1.16. The van der Waals surface area contributed by atoms with E-state index < -0.39 is 26.8 Å². The molecule has 0 aromatic rings. The highest BCUT2D eigenvalue weighted by Crippen LogP contribution is 2.25. The molecule has 0 heterocycles. The molecule has 5 nitrogen and oxygen atoms in total. The summed E-state index contributed by atoms with van der Waals surface area (Å²) in [4.78, 5) is 10.5. The van der Waals surface area contributed by atoms with Crippen LogP contribution >= 0.6 is 0 Å².